The summed E-state index contributed by atoms with van der Waals surface area (Å²) in [4.78, 5) is 33.4. The zero-order valence-corrected chi connectivity index (χ0v) is 16.0. The minimum absolute atomic E-state index is 0.0113. The summed E-state index contributed by atoms with van der Waals surface area (Å²) in [7, 11) is 0. The van der Waals surface area contributed by atoms with Crippen LogP contribution in [0.5, 0.6) is 0 Å². The number of amides is 1. The SMILES string of the molecule is O=C(c1ccccc1[N+](=O)[O-])N(Cc1cccnc1)c1nc2c(F)cc(F)cc2s1. The number of pyridine rings is 1. The number of hydrogen-bond donors (Lipinski definition) is 0. The largest absolute Gasteiger partial charge is 0.282 e. The van der Waals surface area contributed by atoms with Crippen molar-refractivity contribution in [2.45, 2.75) is 6.54 Å². The predicted molar refractivity (Wildman–Crippen MR) is 107 cm³/mol. The van der Waals surface area contributed by atoms with E-state index in [4.69, 9.17) is 0 Å². The van der Waals surface area contributed by atoms with E-state index < -0.39 is 22.5 Å². The smallest absolute Gasteiger partial charge is 0.279 e. The van der Waals surface area contributed by atoms with Gasteiger partial charge in [0.25, 0.3) is 11.6 Å². The van der Waals surface area contributed by atoms with Gasteiger partial charge in [-0.1, -0.05) is 29.5 Å². The number of hydrogen-bond acceptors (Lipinski definition) is 6. The first-order chi connectivity index (χ1) is 14.4. The number of nitrogens with zero attached hydrogens (tertiary/aromatic N) is 4. The average Bonchev–Trinajstić information content (AvgIpc) is 3.16. The number of halogens is 2. The summed E-state index contributed by atoms with van der Waals surface area (Å²) in [6.45, 7) is -0.0113. The second-order valence-corrected chi connectivity index (χ2v) is 7.27. The Labute approximate surface area is 172 Å². The third-order valence-corrected chi connectivity index (χ3v) is 5.30. The zero-order valence-electron chi connectivity index (χ0n) is 15.2. The summed E-state index contributed by atoms with van der Waals surface area (Å²) >= 11 is 0.914. The molecular formula is C20H12F2N4O3S. The number of para-hydroxylation sites is 1. The number of benzene rings is 2. The molecule has 0 atom stereocenters. The van der Waals surface area contributed by atoms with Crippen LogP contribution in [0, 0.1) is 21.7 Å². The molecular weight excluding hydrogens is 414 g/mol. The molecule has 2 heterocycles. The Kier molecular flexibility index (Phi) is 5.15. The Balaban J connectivity index is 1.84. The quantitative estimate of drug-likeness (QED) is 0.340. The molecule has 1 amide bonds. The number of aromatic nitrogens is 2. The van der Waals surface area contributed by atoms with Crippen molar-refractivity contribution in [1.29, 1.82) is 0 Å². The van der Waals surface area contributed by atoms with Crippen molar-refractivity contribution < 1.29 is 18.5 Å². The molecule has 150 valence electrons. The first-order valence-electron chi connectivity index (χ1n) is 8.64. The lowest BCUT2D eigenvalue weighted by atomic mass is 10.1. The molecule has 0 N–H and O–H groups in total. The molecule has 0 saturated carbocycles. The number of thiazole rings is 1. The van der Waals surface area contributed by atoms with Gasteiger partial charge in [-0.2, -0.15) is 0 Å². The molecule has 0 bridgehead atoms. The topological polar surface area (TPSA) is 89.2 Å². The normalized spacial score (nSPS) is 10.9. The van der Waals surface area contributed by atoms with Gasteiger partial charge in [0.15, 0.2) is 10.9 Å². The predicted octanol–water partition coefficient (Wildman–Crippen LogP) is 4.72. The molecule has 2 aromatic carbocycles. The van der Waals surface area contributed by atoms with Crippen molar-refractivity contribution in [2.24, 2.45) is 0 Å². The summed E-state index contributed by atoms with van der Waals surface area (Å²) < 4.78 is 28.0. The second kappa shape index (κ2) is 7.91. The van der Waals surface area contributed by atoms with Crippen molar-refractivity contribution in [3.8, 4) is 0 Å². The third kappa shape index (κ3) is 3.72. The molecule has 0 spiro atoms. The van der Waals surface area contributed by atoms with E-state index in [0.29, 0.717) is 11.6 Å². The number of carbonyl (C=O) groups excluding carboxylic acids is 1. The monoisotopic (exact) mass is 426 g/mol. The van der Waals surface area contributed by atoms with Gasteiger partial charge in [0, 0.05) is 24.5 Å². The minimum atomic E-state index is -0.855. The van der Waals surface area contributed by atoms with Gasteiger partial charge in [-0.05, 0) is 23.8 Å². The van der Waals surface area contributed by atoms with Gasteiger partial charge in [-0.15, -0.1) is 0 Å². The van der Waals surface area contributed by atoms with Gasteiger partial charge in [0.05, 0.1) is 16.2 Å². The standard InChI is InChI=1S/C20H12F2N4O3S/c21-13-8-15(22)18-17(9-13)30-20(24-18)25(11-12-4-3-7-23-10-12)19(27)14-5-1-2-6-16(14)26(28)29/h1-10H,11H2. The van der Waals surface area contributed by atoms with E-state index in [9.17, 15) is 23.7 Å². The van der Waals surface area contributed by atoms with Crippen molar-refractivity contribution in [3.63, 3.8) is 0 Å². The molecule has 7 nitrogen and oxygen atoms in total. The van der Waals surface area contributed by atoms with Crippen LogP contribution in [0.1, 0.15) is 15.9 Å². The van der Waals surface area contributed by atoms with Crippen LogP contribution < -0.4 is 4.90 Å². The van der Waals surface area contributed by atoms with Crippen molar-refractivity contribution >= 4 is 38.3 Å². The molecule has 0 saturated heterocycles. The molecule has 0 fully saturated rings. The fourth-order valence-electron chi connectivity index (χ4n) is 2.92. The van der Waals surface area contributed by atoms with Gasteiger partial charge >= 0.3 is 0 Å². The summed E-state index contributed by atoms with van der Waals surface area (Å²) in [6.07, 6.45) is 3.10. The van der Waals surface area contributed by atoms with Gasteiger partial charge < -0.3 is 0 Å². The van der Waals surface area contributed by atoms with Crippen molar-refractivity contribution in [3.05, 3.63) is 93.8 Å². The minimum Gasteiger partial charge on any atom is -0.279 e. The van der Waals surface area contributed by atoms with Crippen molar-refractivity contribution in [1.82, 2.24) is 9.97 Å². The highest BCUT2D eigenvalue weighted by atomic mass is 32.1. The lowest BCUT2D eigenvalue weighted by Gasteiger charge is -2.20. The van der Waals surface area contributed by atoms with E-state index in [0.717, 1.165) is 17.4 Å². The molecule has 4 rings (SSSR count). The Morgan fingerprint density at radius 1 is 1.17 bits per heavy atom. The van der Waals surface area contributed by atoms with E-state index in [1.54, 1.807) is 18.3 Å². The van der Waals surface area contributed by atoms with Gasteiger partial charge in [0.2, 0.25) is 0 Å². The first kappa shape index (κ1) is 19.5. The highest BCUT2D eigenvalue weighted by Crippen LogP contribution is 2.33. The molecule has 0 radical (unpaired) electrons. The number of carbonyl (C=O) groups is 1. The van der Waals surface area contributed by atoms with Gasteiger partial charge in [0.1, 0.15) is 16.9 Å². The summed E-state index contributed by atoms with van der Waals surface area (Å²) in [5.74, 6) is -2.31. The third-order valence-electron chi connectivity index (χ3n) is 4.27. The van der Waals surface area contributed by atoms with Crippen LogP contribution in [0.4, 0.5) is 19.6 Å². The Bertz CT molecular complexity index is 1260. The number of nitro groups is 1. The first-order valence-corrected chi connectivity index (χ1v) is 9.45. The molecule has 0 aliphatic carbocycles. The van der Waals surface area contributed by atoms with Crippen LogP contribution in [0.3, 0.4) is 0 Å². The molecule has 0 unspecified atom stereocenters. The Morgan fingerprint density at radius 2 is 1.97 bits per heavy atom. The fraction of sp³-hybridized carbons (Fsp3) is 0.0500. The number of nitro benzene ring substituents is 1. The summed E-state index contributed by atoms with van der Waals surface area (Å²) in [5.41, 5.74) is 0.0487. The number of rotatable bonds is 5. The molecule has 30 heavy (non-hydrogen) atoms. The van der Waals surface area contributed by atoms with Crippen LogP contribution >= 0.6 is 11.3 Å². The van der Waals surface area contributed by atoms with Crippen LogP contribution in [0.2, 0.25) is 0 Å². The summed E-state index contributed by atoms with van der Waals surface area (Å²) in [6, 6.07) is 10.8. The van der Waals surface area contributed by atoms with Crippen molar-refractivity contribution in [2.75, 3.05) is 4.90 Å². The maximum Gasteiger partial charge on any atom is 0.282 e. The zero-order chi connectivity index (χ0) is 21.3. The van der Waals surface area contributed by atoms with Gasteiger partial charge in [-0.25, -0.2) is 13.8 Å². The van der Waals surface area contributed by atoms with E-state index in [1.165, 1.54) is 35.4 Å². The van der Waals surface area contributed by atoms with E-state index in [1.807, 2.05) is 0 Å². The fourth-order valence-corrected chi connectivity index (χ4v) is 3.92. The number of fused-ring (bicyclic) bond motifs is 1. The molecule has 4 aromatic rings. The molecule has 0 aliphatic rings. The average molecular weight is 426 g/mol. The maximum atomic E-state index is 14.1. The molecule has 10 heteroatoms. The molecule has 0 aliphatic heterocycles. The van der Waals surface area contributed by atoms with Gasteiger partial charge in [-0.3, -0.25) is 24.8 Å². The van der Waals surface area contributed by atoms with Crippen LogP contribution in [0.25, 0.3) is 10.2 Å². The Hall–Kier alpha value is -3.79. The Morgan fingerprint density at radius 3 is 2.70 bits per heavy atom. The second-order valence-electron chi connectivity index (χ2n) is 6.26. The van der Waals surface area contributed by atoms with E-state index in [-0.39, 0.29) is 33.1 Å². The van der Waals surface area contributed by atoms with Crippen LogP contribution in [-0.2, 0) is 6.54 Å². The lowest BCUT2D eigenvalue weighted by molar-refractivity contribution is -0.385. The van der Waals surface area contributed by atoms with E-state index in [2.05, 4.69) is 9.97 Å². The lowest BCUT2D eigenvalue weighted by Crippen LogP contribution is -2.31. The highest BCUT2D eigenvalue weighted by molar-refractivity contribution is 7.22. The molecule has 2 aromatic heterocycles. The van der Waals surface area contributed by atoms with E-state index >= 15 is 0 Å². The maximum absolute atomic E-state index is 14.1. The summed E-state index contributed by atoms with van der Waals surface area (Å²) in [5, 5.41) is 11.5. The van der Waals surface area contributed by atoms with Crippen LogP contribution in [0.15, 0.2) is 60.9 Å². The van der Waals surface area contributed by atoms with Crippen LogP contribution in [-0.4, -0.2) is 20.8 Å². The highest BCUT2D eigenvalue weighted by Gasteiger charge is 2.28. The number of anilines is 1.